The number of hydrogen-bond acceptors (Lipinski definition) is 2. The fraction of sp³-hybridized carbons (Fsp3) is 0.400. The maximum absolute atomic E-state index is 5.78. The Morgan fingerprint density at radius 1 is 0.667 bits per heavy atom. The largest absolute Gasteiger partial charge is 0 e. The number of benzene rings is 2. The quantitative estimate of drug-likeness (QED) is 0.377. The Labute approximate surface area is 188 Å². The second-order valence-corrected chi connectivity index (χ2v) is 6.62. The summed E-state index contributed by atoms with van der Waals surface area (Å²) in [7, 11) is 0. The fourth-order valence-electron chi connectivity index (χ4n) is 1.74. The summed E-state index contributed by atoms with van der Waals surface area (Å²) in [4.78, 5) is 0. The summed E-state index contributed by atoms with van der Waals surface area (Å²) < 4.78 is 11.6. The van der Waals surface area contributed by atoms with Gasteiger partial charge in [-0.1, -0.05) is 27.7 Å². The monoisotopic (exact) mass is 517 g/mol. The number of aryl methyl sites for hydroxylation is 2. The van der Waals surface area contributed by atoms with Gasteiger partial charge in [0.05, 0.1) is 0 Å². The topological polar surface area (TPSA) is 18.5 Å². The summed E-state index contributed by atoms with van der Waals surface area (Å²) in [6.07, 6.45) is 0. The zero-order chi connectivity index (χ0) is 17.5. The molecule has 0 saturated carbocycles. The van der Waals surface area contributed by atoms with Crippen LogP contribution in [0.15, 0.2) is 48.5 Å². The van der Waals surface area contributed by atoms with E-state index in [9.17, 15) is 0 Å². The molecule has 0 saturated heterocycles. The molecule has 0 amide bonds. The molecule has 4 heteroatoms. The van der Waals surface area contributed by atoms with Crippen molar-refractivity contribution < 1.29 is 50.8 Å². The summed E-state index contributed by atoms with van der Waals surface area (Å²) in [6, 6.07) is 16.2. The maximum Gasteiger partial charge on any atom is 0 e. The smallest absolute Gasteiger partial charge is 0 e. The number of rotatable bonds is 6. The fourth-order valence-corrected chi connectivity index (χ4v) is 2.99. The van der Waals surface area contributed by atoms with Crippen LogP contribution in [-0.2, 0) is 0 Å². The van der Waals surface area contributed by atoms with Gasteiger partial charge in [-0.2, -0.15) is 0 Å². The minimum atomic E-state index is -0.230. The van der Waals surface area contributed by atoms with Crippen LogP contribution in [0.25, 0.3) is 0 Å². The number of para-hydroxylation sites is 2. The van der Waals surface area contributed by atoms with E-state index in [1.54, 1.807) is 0 Å². The summed E-state index contributed by atoms with van der Waals surface area (Å²) in [5, 5.41) is 0. The summed E-state index contributed by atoms with van der Waals surface area (Å²) in [6.45, 7) is 12.1. The van der Waals surface area contributed by atoms with E-state index in [-0.39, 0.29) is 56.7 Å². The number of hydrogen-bond donors (Lipinski definition) is 0. The molecule has 129 valence electrons. The molecule has 0 heterocycles. The summed E-state index contributed by atoms with van der Waals surface area (Å²) in [5.74, 6) is 1.98. The molecule has 2 aromatic carbocycles. The molecule has 0 aliphatic heterocycles. The zero-order valence-electron chi connectivity index (χ0n) is 15.9. The van der Waals surface area contributed by atoms with Crippen LogP contribution >= 0.6 is 0 Å². The molecule has 0 unspecified atom stereocenters. The SMILES string of the molecule is CC.CC.Cc1ccccc1O[CH2][Ge][CH2]Oc1ccccc1C.[Pr]. The Morgan fingerprint density at radius 3 is 1.33 bits per heavy atom. The molecule has 3 radical (unpaired) electrons. The van der Waals surface area contributed by atoms with E-state index in [2.05, 4.69) is 26.0 Å². The molecular weight excluding hydrogens is 486 g/mol. The van der Waals surface area contributed by atoms with Gasteiger partial charge in [0.25, 0.3) is 0 Å². The Balaban J connectivity index is 0. The van der Waals surface area contributed by atoms with Crippen LogP contribution in [0.1, 0.15) is 38.8 Å². The van der Waals surface area contributed by atoms with Crippen molar-refractivity contribution >= 4 is 15.4 Å². The maximum atomic E-state index is 5.78. The van der Waals surface area contributed by atoms with Gasteiger partial charge in [0.15, 0.2) is 0 Å². The predicted molar refractivity (Wildman–Crippen MR) is 102 cm³/mol. The van der Waals surface area contributed by atoms with Crippen LogP contribution in [0.4, 0.5) is 0 Å². The normalized spacial score (nSPS) is 8.58. The first-order valence-corrected chi connectivity index (χ1v) is 11.3. The molecule has 0 atom stereocenters. The first-order valence-electron chi connectivity index (χ1n) is 8.35. The van der Waals surface area contributed by atoms with Crippen LogP contribution < -0.4 is 9.47 Å². The van der Waals surface area contributed by atoms with Crippen LogP contribution in [0, 0.1) is 55.1 Å². The van der Waals surface area contributed by atoms with Crippen LogP contribution in [0.5, 0.6) is 11.5 Å². The van der Waals surface area contributed by atoms with Gasteiger partial charge in [-0.3, -0.25) is 0 Å². The van der Waals surface area contributed by atoms with E-state index in [1.165, 1.54) is 11.1 Å². The second-order valence-electron chi connectivity index (χ2n) is 4.36. The third kappa shape index (κ3) is 10.7. The van der Waals surface area contributed by atoms with Gasteiger partial charge >= 0.3 is 121 Å². The molecule has 0 spiro atoms. The Hall–Kier alpha value is -0.0535. The minimum Gasteiger partial charge on any atom is 0 e. The van der Waals surface area contributed by atoms with Gasteiger partial charge in [-0.05, 0) is 0 Å². The molecule has 0 fully saturated rings. The van der Waals surface area contributed by atoms with Crippen molar-refractivity contribution in [2.75, 3.05) is 10.9 Å². The molecule has 0 aliphatic rings. The van der Waals surface area contributed by atoms with Crippen molar-refractivity contribution in [3.8, 4) is 11.5 Å². The standard InChI is InChI=1S/C16H18GeO2.2C2H6.Pr/c1-13-7-3-5-9-15(13)18-11-17-12-19-16-10-6-4-8-14(16)2;2*1-2;/h3-10H,11-12H2,1-2H3;2*1-2H3;. The summed E-state index contributed by atoms with van der Waals surface area (Å²) >= 11 is -0.230. The van der Waals surface area contributed by atoms with Crippen LogP contribution in [0.2, 0.25) is 0 Å². The van der Waals surface area contributed by atoms with Crippen molar-refractivity contribution in [3.63, 3.8) is 0 Å². The van der Waals surface area contributed by atoms with E-state index < -0.39 is 0 Å². The van der Waals surface area contributed by atoms with Gasteiger partial charge in [0, 0.05) is 41.3 Å². The van der Waals surface area contributed by atoms with E-state index in [0.717, 1.165) is 22.4 Å². The Kier molecular flexibility index (Phi) is 19.4. The Morgan fingerprint density at radius 2 is 1.00 bits per heavy atom. The van der Waals surface area contributed by atoms with Gasteiger partial charge in [0.1, 0.15) is 0 Å². The van der Waals surface area contributed by atoms with Crippen molar-refractivity contribution in [2.24, 2.45) is 0 Å². The first-order chi connectivity index (χ1) is 11.3. The average Bonchev–Trinajstić information content (AvgIpc) is 2.61. The molecule has 0 aromatic heterocycles. The second kappa shape index (κ2) is 17.8. The van der Waals surface area contributed by atoms with Crippen LogP contribution in [0.3, 0.4) is 0 Å². The van der Waals surface area contributed by atoms with Crippen molar-refractivity contribution in [3.05, 3.63) is 59.7 Å². The van der Waals surface area contributed by atoms with Crippen molar-refractivity contribution in [1.29, 1.82) is 0 Å². The van der Waals surface area contributed by atoms with E-state index >= 15 is 0 Å². The van der Waals surface area contributed by atoms with Crippen molar-refractivity contribution in [1.82, 2.24) is 0 Å². The third-order valence-corrected chi connectivity index (χ3v) is 4.31. The zero-order valence-corrected chi connectivity index (χ0v) is 21.7. The molecule has 24 heavy (non-hydrogen) atoms. The third-order valence-electron chi connectivity index (χ3n) is 2.85. The van der Waals surface area contributed by atoms with Gasteiger partial charge in [-0.25, -0.2) is 0 Å². The van der Waals surface area contributed by atoms with E-state index in [1.807, 2.05) is 64.1 Å². The first kappa shape index (κ1) is 26.2. The van der Waals surface area contributed by atoms with Gasteiger partial charge in [0.2, 0.25) is 0 Å². The van der Waals surface area contributed by atoms with Crippen molar-refractivity contribution in [2.45, 2.75) is 41.5 Å². The molecule has 0 aliphatic carbocycles. The molecular formula is C20H30GeO2Pr. The molecule has 2 rings (SSSR count). The molecule has 2 aromatic rings. The minimum absolute atomic E-state index is 0. The Bertz CT molecular complexity index is 485. The van der Waals surface area contributed by atoms with E-state index in [4.69, 9.17) is 9.47 Å². The number of ether oxygens (including phenoxy) is 2. The summed E-state index contributed by atoms with van der Waals surface area (Å²) in [5.41, 5.74) is 3.98. The van der Waals surface area contributed by atoms with Gasteiger partial charge in [-0.15, -0.1) is 0 Å². The molecule has 2 nitrogen and oxygen atoms in total. The van der Waals surface area contributed by atoms with Crippen LogP contribution in [-0.4, -0.2) is 26.3 Å². The average molecular weight is 516 g/mol. The predicted octanol–water partition coefficient (Wildman–Crippen LogP) is 5.43. The molecule has 0 bridgehead atoms. The van der Waals surface area contributed by atoms with E-state index in [0.29, 0.717) is 0 Å². The molecule has 0 N–H and O–H groups in total. The van der Waals surface area contributed by atoms with Gasteiger partial charge < -0.3 is 0 Å².